The molecule has 0 spiro atoms. The van der Waals surface area contributed by atoms with E-state index in [0.717, 1.165) is 10.5 Å². The molecule has 1 rings (SSSR count). The molecule has 2 nitrogen and oxygen atoms in total. The molecule has 1 aromatic carbocycles. The topological polar surface area (TPSA) is 29.1 Å². The molecule has 0 saturated heterocycles. The molecule has 0 bridgehead atoms. The third-order valence-electron chi connectivity index (χ3n) is 2.49. The summed E-state index contributed by atoms with van der Waals surface area (Å²) in [6.45, 7) is 4.84. The average Bonchev–Trinajstić information content (AvgIpc) is 2.33. The molecule has 0 heterocycles. The van der Waals surface area contributed by atoms with Crippen molar-refractivity contribution in [1.82, 2.24) is 4.72 Å². The zero-order valence-corrected chi connectivity index (χ0v) is 14.3. The van der Waals surface area contributed by atoms with Crippen LogP contribution >= 0.6 is 15.9 Å². The summed E-state index contributed by atoms with van der Waals surface area (Å²) >= 11 is 3.26. The molecular weight excluding hydrogens is 367 g/mol. The summed E-state index contributed by atoms with van der Waals surface area (Å²) in [5.74, 6) is 0. The monoisotopic (exact) mass is 383 g/mol. The van der Waals surface area contributed by atoms with E-state index in [1.54, 1.807) is 45.0 Å². The third kappa shape index (κ3) is 6.32. The van der Waals surface area contributed by atoms with Gasteiger partial charge in [-0.25, -0.2) is 8.93 Å². The van der Waals surface area contributed by atoms with Crippen LogP contribution in [-0.2, 0) is 11.0 Å². The second-order valence-corrected chi connectivity index (χ2v) is 8.34. The number of halogens is 4. The van der Waals surface area contributed by atoms with E-state index in [1.807, 2.05) is 0 Å². The molecule has 1 aromatic rings. The molecule has 0 fully saturated rings. The molecule has 118 valence electrons. The van der Waals surface area contributed by atoms with E-state index < -0.39 is 28.0 Å². The molecule has 0 aliphatic heterocycles. The maximum Gasteiger partial charge on any atom is 0.408 e. The van der Waals surface area contributed by atoms with E-state index in [1.165, 1.54) is 6.08 Å². The van der Waals surface area contributed by atoms with E-state index in [4.69, 9.17) is 0 Å². The molecule has 7 heteroatoms. The highest BCUT2D eigenvalue weighted by Gasteiger charge is 2.40. The highest BCUT2D eigenvalue weighted by atomic mass is 79.9. The zero-order chi connectivity index (χ0) is 16.3. The van der Waals surface area contributed by atoms with Gasteiger partial charge in [0.1, 0.15) is 6.04 Å². The summed E-state index contributed by atoms with van der Waals surface area (Å²) in [5, 5.41) is 0. The molecule has 21 heavy (non-hydrogen) atoms. The van der Waals surface area contributed by atoms with Crippen LogP contribution in [0, 0.1) is 0 Å². The Morgan fingerprint density at radius 2 is 1.71 bits per heavy atom. The van der Waals surface area contributed by atoms with Crippen molar-refractivity contribution in [2.45, 2.75) is 37.7 Å². The number of benzene rings is 1. The second-order valence-electron chi connectivity index (χ2n) is 5.43. The summed E-state index contributed by atoms with van der Waals surface area (Å²) in [7, 11) is -1.80. The van der Waals surface area contributed by atoms with Gasteiger partial charge in [0.2, 0.25) is 0 Å². The van der Waals surface area contributed by atoms with Crippen LogP contribution < -0.4 is 4.72 Å². The minimum absolute atomic E-state index is 0.635. The quantitative estimate of drug-likeness (QED) is 0.817. The van der Waals surface area contributed by atoms with E-state index in [9.17, 15) is 17.4 Å². The Kier molecular flexibility index (Phi) is 6.19. The lowest BCUT2D eigenvalue weighted by Crippen LogP contribution is -2.46. The molecule has 0 aliphatic carbocycles. The van der Waals surface area contributed by atoms with Crippen LogP contribution in [0.15, 0.2) is 34.8 Å². The minimum Gasteiger partial charge on any atom is -0.242 e. The SMILES string of the molecule is CC(C)(C)S(=O)N[C@@H](/C=C/c1ccc(Br)cc1)C(F)(F)F. The first-order valence-corrected chi connectivity index (χ1v) is 8.13. The van der Waals surface area contributed by atoms with Gasteiger partial charge in [-0.3, -0.25) is 0 Å². The van der Waals surface area contributed by atoms with E-state index in [-0.39, 0.29) is 0 Å². The van der Waals surface area contributed by atoms with Crippen LogP contribution in [0.4, 0.5) is 13.2 Å². The molecule has 0 saturated carbocycles. The predicted octanol–water partition coefficient (Wildman–Crippen LogP) is 4.45. The van der Waals surface area contributed by atoms with Crippen LogP contribution in [0.2, 0.25) is 0 Å². The van der Waals surface area contributed by atoms with E-state index in [2.05, 4.69) is 20.7 Å². The standard InChI is InChI=1S/C14H17BrF3NOS/c1-13(2,3)21(20)19-12(14(16,17)18)9-6-10-4-7-11(15)8-5-10/h4-9,12,19H,1-3H3/b9-6+/t12-,21?/m0/s1. The van der Waals surface area contributed by atoms with Crippen molar-refractivity contribution < 1.29 is 17.4 Å². The van der Waals surface area contributed by atoms with Crippen LogP contribution in [0.1, 0.15) is 26.3 Å². The number of nitrogens with one attached hydrogen (secondary N) is 1. The normalized spacial score (nSPS) is 16.1. The van der Waals surface area contributed by atoms with Crippen LogP contribution in [0.5, 0.6) is 0 Å². The number of alkyl halides is 3. The van der Waals surface area contributed by atoms with Gasteiger partial charge in [-0.05, 0) is 38.5 Å². The summed E-state index contributed by atoms with van der Waals surface area (Å²) in [5.41, 5.74) is 0.635. The molecule has 2 atom stereocenters. The highest BCUT2D eigenvalue weighted by Crippen LogP contribution is 2.24. The Morgan fingerprint density at radius 1 is 1.19 bits per heavy atom. The fraction of sp³-hybridized carbons (Fsp3) is 0.429. The van der Waals surface area contributed by atoms with Crippen molar-refractivity contribution >= 4 is 33.0 Å². The van der Waals surface area contributed by atoms with Gasteiger partial charge < -0.3 is 0 Å². The van der Waals surface area contributed by atoms with Gasteiger partial charge in [0, 0.05) is 4.47 Å². The Labute approximate surface area is 133 Å². The summed E-state index contributed by atoms with van der Waals surface area (Å²) in [4.78, 5) is 0. The van der Waals surface area contributed by atoms with Crippen molar-refractivity contribution in [3.63, 3.8) is 0 Å². The Balaban J connectivity index is 2.89. The second kappa shape index (κ2) is 7.07. The highest BCUT2D eigenvalue weighted by molar-refractivity contribution is 9.10. The smallest absolute Gasteiger partial charge is 0.242 e. The fourth-order valence-corrected chi connectivity index (χ4v) is 2.35. The average molecular weight is 384 g/mol. The molecule has 0 amide bonds. The summed E-state index contributed by atoms with van der Waals surface area (Å²) in [6.07, 6.45) is -2.17. The van der Waals surface area contributed by atoms with Crippen LogP contribution in [-0.4, -0.2) is 21.2 Å². The van der Waals surface area contributed by atoms with Gasteiger partial charge in [0.25, 0.3) is 0 Å². The van der Waals surface area contributed by atoms with Crippen LogP contribution in [0.3, 0.4) is 0 Å². The Morgan fingerprint density at radius 3 is 2.14 bits per heavy atom. The first-order valence-electron chi connectivity index (χ1n) is 6.18. The first-order chi connectivity index (χ1) is 9.50. The van der Waals surface area contributed by atoms with Crippen molar-refractivity contribution in [3.8, 4) is 0 Å². The lowest BCUT2D eigenvalue weighted by Gasteiger charge is -2.24. The first kappa shape index (κ1) is 18.4. The van der Waals surface area contributed by atoms with Gasteiger partial charge in [-0.1, -0.05) is 40.2 Å². The summed E-state index contributed by atoms with van der Waals surface area (Å²) < 4.78 is 53.0. The van der Waals surface area contributed by atoms with E-state index >= 15 is 0 Å². The molecule has 1 N–H and O–H groups in total. The summed E-state index contributed by atoms with van der Waals surface area (Å²) in [6, 6.07) is 4.90. The number of hydrogen-bond acceptors (Lipinski definition) is 1. The van der Waals surface area contributed by atoms with Crippen molar-refractivity contribution in [3.05, 3.63) is 40.4 Å². The molecule has 0 radical (unpaired) electrons. The number of rotatable bonds is 4. The van der Waals surface area contributed by atoms with Gasteiger partial charge >= 0.3 is 6.18 Å². The molecule has 0 aromatic heterocycles. The molecule has 1 unspecified atom stereocenters. The van der Waals surface area contributed by atoms with Crippen LogP contribution in [0.25, 0.3) is 6.08 Å². The van der Waals surface area contributed by atoms with Crippen molar-refractivity contribution in [1.29, 1.82) is 0 Å². The fourth-order valence-electron chi connectivity index (χ4n) is 1.29. The third-order valence-corrected chi connectivity index (χ3v) is 4.60. The Bertz CT molecular complexity index is 521. The van der Waals surface area contributed by atoms with Gasteiger partial charge in [0.15, 0.2) is 0 Å². The largest absolute Gasteiger partial charge is 0.408 e. The maximum absolute atomic E-state index is 13.0. The van der Waals surface area contributed by atoms with Gasteiger partial charge in [0.05, 0.1) is 15.7 Å². The lowest BCUT2D eigenvalue weighted by atomic mass is 10.2. The maximum atomic E-state index is 13.0. The van der Waals surface area contributed by atoms with Crippen molar-refractivity contribution in [2.24, 2.45) is 0 Å². The number of hydrogen-bond donors (Lipinski definition) is 1. The zero-order valence-electron chi connectivity index (χ0n) is 11.9. The molecular formula is C14H17BrF3NOS. The minimum atomic E-state index is -4.51. The van der Waals surface area contributed by atoms with E-state index in [0.29, 0.717) is 5.56 Å². The lowest BCUT2D eigenvalue weighted by molar-refractivity contribution is -0.139. The van der Waals surface area contributed by atoms with Crippen molar-refractivity contribution in [2.75, 3.05) is 0 Å². The Hall–Kier alpha value is -0.660. The molecule has 0 aliphatic rings. The van der Waals surface area contributed by atoms with Gasteiger partial charge in [-0.2, -0.15) is 13.2 Å². The van der Waals surface area contributed by atoms with Gasteiger partial charge in [-0.15, -0.1) is 0 Å². The predicted molar refractivity (Wildman–Crippen MR) is 84.1 cm³/mol.